The maximum atomic E-state index is 12.5. The van der Waals surface area contributed by atoms with Gasteiger partial charge in [-0.3, -0.25) is 4.79 Å². The molecule has 6 heteroatoms. The van der Waals surface area contributed by atoms with Crippen LogP contribution in [0, 0.1) is 9.49 Å². The molecule has 0 saturated heterocycles. The average Bonchev–Trinajstić information content (AvgIpc) is 2.65. The smallest absolute Gasteiger partial charge is 0.229 e. The fourth-order valence-electron chi connectivity index (χ4n) is 2.82. The number of nitrogens with one attached hydrogen (secondary N) is 1. The van der Waals surface area contributed by atoms with Gasteiger partial charge in [-0.15, -0.1) is 0 Å². The van der Waals surface area contributed by atoms with Crippen LogP contribution in [0.15, 0.2) is 54.7 Å². The van der Waals surface area contributed by atoms with E-state index in [4.69, 9.17) is 10.7 Å². The number of halogens is 1. The zero-order valence-corrected chi connectivity index (χ0v) is 18.1. The molecule has 0 unspecified atom stereocenters. The van der Waals surface area contributed by atoms with Gasteiger partial charge in [-0.05, 0) is 64.8 Å². The van der Waals surface area contributed by atoms with Crippen molar-refractivity contribution in [2.24, 2.45) is 5.92 Å². The van der Waals surface area contributed by atoms with Gasteiger partial charge in [-0.25, -0.2) is 9.97 Å². The van der Waals surface area contributed by atoms with Crippen LogP contribution in [0.25, 0.3) is 11.3 Å². The zero-order valence-electron chi connectivity index (χ0n) is 15.9. The number of nitrogen functional groups attached to an aromatic ring is 1. The molecule has 0 aliphatic heterocycles. The first-order chi connectivity index (χ1) is 13.4. The van der Waals surface area contributed by atoms with Gasteiger partial charge >= 0.3 is 0 Å². The number of hydrogen-bond acceptors (Lipinski definition) is 4. The number of carbonyl (C=O) groups is 1. The lowest BCUT2D eigenvalue weighted by Gasteiger charge is -2.13. The Kier molecular flexibility index (Phi) is 6.61. The SMILES string of the molecule is CC(C)Cc1nc(-c2ccc(N)cc2)cnc1NC(=O)Cc1ccc(I)cc1. The molecule has 28 heavy (non-hydrogen) atoms. The summed E-state index contributed by atoms with van der Waals surface area (Å²) in [5, 5.41) is 2.93. The standard InChI is InChI=1S/C22H23IN4O/c1-14(2)11-19-22(27-21(28)12-15-3-7-17(23)8-4-15)25-13-20(26-19)16-5-9-18(24)10-6-16/h3-10,13-14H,11-12,24H2,1-2H3,(H,25,27,28). The first kappa shape index (κ1) is 20.3. The average molecular weight is 486 g/mol. The summed E-state index contributed by atoms with van der Waals surface area (Å²) < 4.78 is 1.14. The molecule has 3 rings (SSSR count). The maximum Gasteiger partial charge on any atom is 0.229 e. The molecular formula is C22H23IN4O. The molecule has 1 amide bonds. The van der Waals surface area contributed by atoms with E-state index >= 15 is 0 Å². The summed E-state index contributed by atoms with van der Waals surface area (Å²) in [5.41, 5.74) is 9.95. The minimum absolute atomic E-state index is 0.0965. The Hall–Kier alpha value is -2.48. The third kappa shape index (κ3) is 5.51. The predicted molar refractivity (Wildman–Crippen MR) is 122 cm³/mol. The molecule has 1 heterocycles. The summed E-state index contributed by atoms with van der Waals surface area (Å²) in [4.78, 5) is 21.8. The number of nitrogens with two attached hydrogens (primary N) is 1. The Morgan fingerprint density at radius 1 is 1.11 bits per heavy atom. The van der Waals surface area contributed by atoms with E-state index in [1.165, 1.54) is 0 Å². The fourth-order valence-corrected chi connectivity index (χ4v) is 3.18. The van der Waals surface area contributed by atoms with E-state index in [0.717, 1.165) is 32.5 Å². The molecular weight excluding hydrogens is 463 g/mol. The van der Waals surface area contributed by atoms with E-state index in [-0.39, 0.29) is 5.91 Å². The molecule has 0 bridgehead atoms. The van der Waals surface area contributed by atoms with E-state index in [1.807, 2.05) is 48.5 Å². The summed E-state index contributed by atoms with van der Waals surface area (Å²) in [5.74, 6) is 0.826. The summed E-state index contributed by atoms with van der Waals surface area (Å²) in [6.45, 7) is 4.24. The van der Waals surface area contributed by atoms with Crippen LogP contribution in [0.5, 0.6) is 0 Å². The van der Waals surface area contributed by atoms with Gasteiger partial charge in [0.25, 0.3) is 0 Å². The molecule has 0 spiro atoms. The van der Waals surface area contributed by atoms with Crippen LogP contribution in [-0.2, 0) is 17.6 Å². The molecule has 0 atom stereocenters. The molecule has 3 aromatic rings. The van der Waals surface area contributed by atoms with E-state index < -0.39 is 0 Å². The molecule has 0 aliphatic rings. The second-order valence-corrected chi connectivity index (χ2v) is 8.37. The van der Waals surface area contributed by atoms with Crippen LogP contribution in [-0.4, -0.2) is 15.9 Å². The lowest BCUT2D eigenvalue weighted by molar-refractivity contribution is -0.115. The van der Waals surface area contributed by atoms with Crippen LogP contribution < -0.4 is 11.1 Å². The van der Waals surface area contributed by atoms with Crippen molar-refractivity contribution in [2.45, 2.75) is 26.7 Å². The minimum atomic E-state index is -0.0965. The normalized spacial score (nSPS) is 10.9. The molecule has 0 saturated carbocycles. The Balaban J connectivity index is 1.81. The summed E-state index contributed by atoms with van der Waals surface area (Å²) in [7, 11) is 0. The van der Waals surface area contributed by atoms with Crippen LogP contribution in [0.1, 0.15) is 25.1 Å². The van der Waals surface area contributed by atoms with Crippen molar-refractivity contribution in [3.63, 3.8) is 0 Å². The summed E-state index contributed by atoms with van der Waals surface area (Å²) in [6.07, 6.45) is 2.73. The van der Waals surface area contributed by atoms with Gasteiger partial charge in [0.15, 0.2) is 5.82 Å². The van der Waals surface area contributed by atoms with Gasteiger partial charge in [-0.1, -0.05) is 38.1 Å². The van der Waals surface area contributed by atoms with Crippen LogP contribution in [0.3, 0.4) is 0 Å². The molecule has 5 nitrogen and oxygen atoms in total. The van der Waals surface area contributed by atoms with Crippen molar-refractivity contribution in [2.75, 3.05) is 11.1 Å². The van der Waals surface area contributed by atoms with Crippen molar-refractivity contribution in [3.05, 3.63) is 69.6 Å². The summed E-state index contributed by atoms with van der Waals surface area (Å²) >= 11 is 2.25. The second-order valence-electron chi connectivity index (χ2n) is 7.12. The number of amides is 1. The largest absolute Gasteiger partial charge is 0.399 e. The number of carbonyl (C=O) groups excluding carboxylic acids is 1. The first-order valence-corrected chi connectivity index (χ1v) is 10.2. The van der Waals surface area contributed by atoms with Crippen LogP contribution >= 0.6 is 22.6 Å². The molecule has 0 radical (unpaired) electrons. The number of aromatic nitrogens is 2. The number of benzene rings is 2. The molecule has 0 fully saturated rings. The second kappa shape index (κ2) is 9.14. The van der Waals surface area contributed by atoms with Gasteiger partial charge in [0, 0.05) is 14.8 Å². The van der Waals surface area contributed by atoms with Gasteiger partial charge < -0.3 is 11.1 Å². The minimum Gasteiger partial charge on any atom is -0.399 e. The van der Waals surface area contributed by atoms with Gasteiger partial charge in [0.05, 0.1) is 24.0 Å². The number of anilines is 2. The highest BCUT2D eigenvalue weighted by Gasteiger charge is 2.14. The highest BCUT2D eigenvalue weighted by molar-refractivity contribution is 14.1. The van der Waals surface area contributed by atoms with Gasteiger partial charge in [-0.2, -0.15) is 0 Å². The monoisotopic (exact) mass is 486 g/mol. The Labute approximate surface area is 178 Å². The Morgan fingerprint density at radius 2 is 1.79 bits per heavy atom. The number of rotatable bonds is 6. The molecule has 1 aromatic heterocycles. The molecule has 3 N–H and O–H groups in total. The van der Waals surface area contributed by atoms with Crippen LogP contribution in [0.4, 0.5) is 11.5 Å². The van der Waals surface area contributed by atoms with E-state index in [1.54, 1.807) is 6.20 Å². The Morgan fingerprint density at radius 3 is 2.43 bits per heavy atom. The van der Waals surface area contributed by atoms with Crippen molar-refractivity contribution < 1.29 is 4.79 Å². The van der Waals surface area contributed by atoms with E-state index in [0.29, 0.717) is 23.8 Å². The fraction of sp³-hybridized carbons (Fsp3) is 0.227. The quantitative estimate of drug-likeness (QED) is 0.391. The topological polar surface area (TPSA) is 80.9 Å². The number of nitrogens with zero attached hydrogens (tertiary/aromatic N) is 2. The Bertz CT molecular complexity index is 953. The van der Waals surface area contributed by atoms with Crippen molar-refractivity contribution >= 4 is 40.0 Å². The van der Waals surface area contributed by atoms with Crippen molar-refractivity contribution in [3.8, 4) is 11.3 Å². The third-order valence-electron chi connectivity index (χ3n) is 4.19. The molecule has 144 valence electrons. The highest BCUT2D eigenvalue weighted by atomic mass is 127. The zero-order chi connectivity index (χ0) is 20.1. The van der Waals surface area contributed by atoms with Crippen molar-refractivity contribution in [1.29, 1.82) is 0 Å². The predicted octanol–water partition coefficient (Wildman–Crippen LogP) is 4.71. The van der Waals surface area contributed by atoms with Gasteiger partial charge in [0.2, 0.25) is 5.91 Å². The van der Waals surface area contributed by atoms with Crippen LogP contribution in [0.2, 0.25) is 0 Å². The van der Waals surface area contributed by atoms with Crippen molar-refractivity contribution in [1.82, 2.24) is 9.97 Å². The lowest BCUT2D eigenvalue weighted by atomic mass is 10.1. The highest BCUT2D eigenvalue weighted by Crippen LogP contribution is 2.22. The first-order valence-electron chi connectivity index (χ1n) is 9.17. The molecule has 0 aliphatic carbocycles. The molecule has 2 aromatic carbocycles. The maximum absolute atomic E-state index is 12.5. The van der Waals surface area contributed by atoms with E-state index in [9.17, 15) is 4.79 Å². The lowest BCUT2D eigenvalue weighted by Crippen LogP contribution is -2.18. The summed E-state index contributed by atoms with van der Waals surface area (Å²) in [6, 6.07) is 15.5. The van der Waals surface area contributed by atoms with E-state index in [2.05, 4.69) is 46.7 Å². The number of hydrogen-bond donors (Lipinski definition) is 2. The van der Waals surface area contributed by atoms with Gasteiger partial charge in [0.1, 0.15) is 0 Å². The third-order valence-corrected chi connectivity index (χ3v) is 4.91.